The van der Waals surface area contributed by atoms with Gasteiger partial charge < -0.3 is 14.9 Å². The third kappa shape index (κ3) is 4.12. The number of fused-ring (bicyclic) bond motifs is 1. The molecule has 3 aromatic heterocycles. The molecular formula is C21H18F2N6O2S. The fourth-order valence-corrected chi connectivity index (χ4v) is 3.95. The first-order valence-corrected chi connectivity index (χ1v) is 10.7. The number of nitrogens with zero attached hydrogens (tertiary/aromatic N) is 3. The number of anilines is 2. The molecule has 3 heterocycles. The Morgan fingerprint density at radius 3 is 2.75 bits per heavy atom. The van der Waals surface area contributed by atoms with Crippen LogP contribution in [-0.4, -0.2) is 36.3 Å². The number of hydrogen-bond acceptors (Lipinski definition) is 7. The van der Waals surface area contributed by atoms with Gasteiger partial charge in [-0.05, 0) is 38.1 Å². The van der Waals surface area contributed by atoms with Gasteiger partial charge in [0.2, 0.25) is 5.78 Å². The highest BCUT2D eigenvalue weighted by atomic mass is 32.2. The number of carbonyl (C=O) groups excluding carboxylic acids is 1. The van der Waals surface area contributed by atoms with Crippen LogP contribution in [0.3, 0.4) is 0 Å². The number of carbonyl (C=O) groups is 1. The van der Waals surface area contributed by atoms with E-state index in [1.807, 2.05) is 13.8 Å². The Labute approximate surface area is 184 Å². The van der Waals surface area contributed by atoms with Gasteiger partial charge >= 0.3 is 0 Å². The van der Waals surface area contributed by atoms with E-state index in [4.69, 9.17) is 0 Å². The summed E-state index contributed by atoms with van der Waals surface area (Å²) < 4.78 is 44.8. The van der Waals surface area contributed by atoms with Crippen molar-refractivity contribution in [1.82, 2.24) is 19.9 Å². The van der Waals surface area contributed by atoms with Crippen molar-refractivity contribution in [3.8, 4) is 0 Å². The third-order valence-electron chi connectivity index (χ3n) is 4.51. The molecule has 1 atom stereocenters. The Balaban J connectivity index is 1.74. The van der Waals surface area contributed by atoms with Crippen LogP contribution in [0, 0.1) is 11.6 Å². The van der Waals surface area contributed by atoms with Gasteiger partial charge in [0.05, 0.1) is 22.7 Å². The van der Waals surface area contributed by atoms with Crippen molar-refractivity contribution in [3.63, 3.8) is 0 Å². The molecule has 0 aliphatic carbocycles. The molecule has 11 heteroatoms. The van der Waals surface area contributed by atoms with Crippen LogP contribution in [0.15, 0.2) is 54.1 Å². The summed E-state index contributed by atoms with van der Waals surface area (Å²) in [6.07, 6.45) is 5.51. The van der Waals surface area contributed by atoms with Crippen molar-refractivity contribution in [1.29, 1.82) is 0 Å². The first-order chi connectivity index (χ1) is 15.4. The van der Waals surface area contributed by atoms with Crippen LogP contribution >= 0.6 is 0 Å². The lowest BCUT2D eigenvalue weighted by Crippen LogP contribution is -2.17. The van der Waals surface area contributed by atoms with Gasteiger partial charge in [0.1, 0.15) is 40.7 Å². The summed E-state index contributed by atoms with van der Waals surface area (Å²) in [6.45, 7) is 3.78. The van der Waals surface area contributed by atoms with Crippen molar-refractivity contribution in [3.05, 3.63) is 71.9 Å². The van der Waals surface area contributed by atoms with Crippen molar-refractivity contribution in [2.45, 2.75) is 24.8 Å². The second kappa shape index (κ2) is 8.89. The standard InChI is InChI=1S/C21H18F2N6O2S/c1-11(2)28-21-16-13(9-25-20(16)26-10-27-21)19(30)17-14(22)5-6-15(18(17)23)29-32(31)12-4-3-7-24-8-12/h3-11,29H,1-2H3,(H2,25,26,27,28). The largest absolute Gasteiger partial charge is 0.588 e. The number of hydrogen-bond donors (Lipinski definition) is 3. The zero-order chi connectivity index (χ0) is 22.8. The van der Waals surface area contributed by atoms with Gasteiger partial charge in [0, 0.05) is 18.4 Å². The average Bonchev–Trinajstić information content (AvgIpc) is 3.21. The molecule has 1 aromatic carbocycles. The number of aromatic nitrogens is 4. The lowest BCUT2D eigenvalue weighted by molar-refractivity contribution is 0.103. The summed E-state index contributed by atoms with van der Waals surface area (Å²) in [7, 11) is 0. The van der Waals surface area contributed by atoms with E-state index in [1.54, 1.807) is 12.1 Å². The molecule has 0 spiro atoms. The topological polar surface area (TPSA) is 119 Å². The van der Waals surface area contributed by atoms with Gasteiger partial charge in [-0.2, -0.15) is 0 Å². The van der Waals surface area contributed by atoms with E-state index in [0.29, 0.717) is 21.7 Å². The second-order valence-corrected chi connectivity index (χ2v) is 8.33. The minimum absolute atomic E-state index is 0.00518. The lowest BCUT2D eigenvalue weighted by Gasteiger charge is -2.14. The molecule has 164 valence electrons. The number of nitrogens with one attached hydrogen (secondary N) is 3. The molecule has 1 unspecified atom stereocenters. The number of pyridine rings is 1. The molecule has 3 N–H and O–H groups in total. The highest BCUT2D eigenvalue weighted by Crippen LogP contribution is 2.30. The third-order valence-corrected chi connectivity index (χ3v) is 5.58. The van der Waals surface area contributed by atoms with Gasteiger partial charge in [-0.15, -0.1) is 0 Å². The minimum Gasteiger partial charge on any atom is -0.588 e. The van der Waals surface area contributed by atoms with Crippen LogP contribution in [0.1, 0.15) is 29.8 Å². The highest BCUT2D eigenvalue weighted by molar-refractivity contribution is 7.92. The summed E-state index contributed by atoms with van der Waals surface area (Å²) in [5, 5.41) is 3.42. The van der Waals surface area contributed by atoms with Crippen molar-refractivity contribution >= 4 is 39.7 Å². The highest BCUT2D eigenvalue weighted by Gasteiger charge is 2.27. The Morgan fingerprint density at radius 2 is 2.03 bits per heavy atom. The summed E-state index contributed by atoms with van der Waals surface area (Å²) in [6, 6.07) is 5.14. The average molecular weight is 456 g/mol. The molecule has 0 aliphatic rings. The van der Waals surface area contributed by atoms with E-state index in [1.165, 1.54) is 24.9 Å². The van der Waals surface area contributed by atoms with Crippen LogP contribution in [-0.2, 0) is 11.4 Å². The molecule has 32 heavy (non-hydrogen) atoms. The number of ketones is 1. The van der Waals surface area contributed by atoms with Gasteiger partial charge in [0.15, 0.2) is 10.7 Å². The molecule has 4 aromatic rings. The number of benzene rings is 1. The maximum atomic E-state index is 15.2. The molecule has 0 saturated heterocycles. The van der Waals surface area contributed by atoms with Gasteiger partial charge in [-0.25, -0.2) is 23.5 Å². The maximum Gasteiger partial charge on any atom is 0.201 e. The molecule has 0 fully saturated rings. The number of halogens is 2. The van der Waals surface area contributed by atoms with Crippen molar-refractivity contribution in [2.75, 3.05) is 10.0 Å². The van der Waals surface area contributed by atoms with Crippen LogP contribution in [0.5, 0.6) is 0 Å². The maximum absolute atomic E-state index is 15.2. The van der Waals surface area contributed by atoms with Crippen LogP contribution in [0.25, 0.3) is 11.0 Å². The van der Waals surface area contributed by atoms with Crippen LogP contribution in [0.4, 0.5) is 20.3 Å². The SMILES string of the molecule is CC(C)Nc1ncnc2[nH]cc(C(=O)c3c(F)ccc(N[S+]([O-])c4cccnc4)c3F)c12. The summed E-state index contributed by atoms with van der Waals surface area (Å²) in [4.78, 5) is 28.4. The van der Waals surface area contributed by atoms with E-state index >= 15 is 4.39 Å². The van der Waals surface area contributed by atoms with Crippen LogP contribution < -0.4 is 10.0 Å². The first kappa shape index (κ1) is 21.7. The van der Waals surface area contributed by atoms with E-state index in [0.717, 1.165) is 12.1 Å². The van der Waals surface area contributed by atoms with E-state index < -0.39 is 34.3 Å². The predicted molar refractivity (Wildman–Crippen MR) is 117 cm³/mol. The number of H-pyrrole nitrogens is 1. The minimum atomic E-state index is -1.86. The smallest absolute Gasteiger partial charge is 0.201 e. The van der Waals surface area contributed by atoms with Crippen molar-refractivity contribution in [2.24, 2.45) is 0 Å². The van der Waals surface area contributed by atoms with Gasteiger partial charge in [-0.1, -0.05) is 0 Å². The number of aromatic amines is 1. The van der Waals surface area contributed by atoms with E-state index in [9.17, 15) is 13.7 Å². The van der Waals surface area contributed by atoms with E-state index in [-0.39, 0.29) is 17.3 Å². The van der Waals surface area contributed by atoms with Gasteiger partial charge in [-0.3, -0.25) is 9.78 Å². The van der Waals surface area contributed by atoms with Crippen LogP contribution in [0.2, 0.25) is 0 Å². The zero-order valence-corrected chi connectivity index (χ0v) is 17.8. The first-order valence-electron chi connectivity index (χ1n) is 9.56. The molecule has 8 nitrogen and oxygen atoms in total. The Hall–Kier alpha value is -3.57. The molecule has 0 saturated carbocycles. The fraction of sp³-hybridized carbons (Fsp3) is 0.143. The Bertz CT molecular complexity index is 1280. The van der Waals surface area contributed by atoms with E-state index in [2.05, 4.69) is 30.0 Å². The quantitative estimate of drug-likeness (QED) is 0.286. The Morgan fingerprint density at radius 1 is 1.22 bits per heavy atom. The lowest BCUT2D eigenvalue weighted by atomic mass is 10.0. The Kier molecular flexibility index (Phi) is 6.01. The zero-order valence-electron chi connectivity index (χ0n) is 17.0. The fourth-order valence-electron chi connectivity index (χ4n) is 3.11. The van der Waals surface area contributed by atoms with Crippen molar-refractivity contribution < 1.29 is 18.1 Å². The predicted octanol–water partition coefficient (Wildman–Crippen LogP) is 3.82. The summed E-state index contributed by atoms with van der Waals surface area (Å²) in [5.74, 6) is -2.74. The summed E-state index contributed by atoms with van der Waals surface area (Å²) in [5.41, 5.74) is -0.710. The van der Waals surface area contributed by atoms with Gasteiger partial charge in [0.25, 0.3) is 0 Å². The molecule has 0 aliphatic heterocycles. The summed E-state index contributed by atoms with van der Waals surface area (Å²) >= 11 is -1.86. The molecule has 0 amide bonds. The second-order valence-electron chi connectivity index (χ2n) is 7.12. The molecule has 0 radical (unpaired) electrons. The molecule has 0 bridgehead atoms. The molecular weight excluding hydrogens is 438 g/mol. The molecule has 4 rings (SSSR count). The normalized spacial score (nSPS) is 12.2. The monoisotopic (exact) mass is 456 g/mol. The number of rotatable bonds is 7.